The Labute approximate surface area is 72.6 Å². The molecule has 0 aliphatic heterocycles. The molecule has 64 valence electrons. The maximum atomic E-state index is 5.67. The van der Waals surface area contributed by atoms with E-state index in [4.69, 9.17) is 4.74 Å². The molecule has 12 heavy (non-hydrogen) atoms. The van der Waals surface area contributed by atoms with Gasteiger partial charge in [-0.3, -0.25) is 4.98 Å². The molecule has 1 aliphatic rings. The molecule has 0 saturated heterocycles. The molecule has 1 fully saturated rings. The van der Waals surface area contributed by atoms with E-state index in [9.17, 15) is 0 Å². The van der Waals surface area contributed by atoms with Crippen molar-refractivity contribution in [2.45, 2.75) is 32.8 Å². The number of hydrogen-bond donors (Lipinski definition) is 0. The number of hydrogen-bond acceptors (Lipinski definition) is 2. The van der Waals surface area contributed by atoms with E-state index in [0.717, 1.165) is 17.0 Å². The number of aryl methyl sites for hydroxylation is 2. The van der Waals surface area contributed by atoms with E-state index in [1.54, 1.807) is 0 Å². The number of aromatic nitrogens is 1. The Hall–Kier alpha value is -1.05. The second-order valence-electron chi connectivity index (χ2n) is 3.41. The molecule has 0 aromatic carbocycles. The van der Waals surface area contributed by atoms with E-state index < -0.39 is 0 Å². The van der Waals surface area contributed by atoms with Gasteiger partial charge in [-0.2, -0.15) is 0 Å². The lowest BCUT2D eigenvalue weighted by Crippen LogP contribution is -1.99. The van der Waals surface area contributed by atoms with Crippen LogP contribution >= 0.6 is 0 Å². The van der Waals surface area contributed by atoms with Gasteiger partial charge in [-0.25, -0.2) is 0 Å². The zero-order valence-electron chi connectivity index (χ0n) is 7.50. The number of rotatable bonds is 2. The zero-order chi connectivity index (χ0) is 8.55. The van der Waals surface area contributed by atoms with Crippen LogP contribution in [0.5, 0.6) is 5.75 Å². The van der Waals surface area contributed by atoms with Crippen molar-refractivity contribution < 1.29 is 4.74 Å². The molecule has 2 nitrogen and oxygen atoms in total. The summed E-state index contributed by atoms with van der Waals surface area (Å²) in [5, 5.41) is 0. The minimum Gasteiger partial charge on any atom is -0.489 e. The van der Waals surface area contributed by atoms with Crippen LogP contribution in [-0.2, 0) is 0 Å². The Balaban J connectivity index is 2.21. The van der Waals surface area contributed by atoms with Crippen molar-refractivity contribution in [3.05, 3.63) is 23.5 Å². The highest BCUT2D eigenvalue weighted by Crippen LogP contribution is 2.28. The third-order valence-corrected chi connectivity index (χ3v) is 2.00. The first-order valence-electron chi connectivity index (χ1n) is 4.35. The molecule has 2 heteroatoms. The molecular formula is C10H13NO. The van der Waals surface area contributed by atoms with E-state index in [-0.39, 0.29) is 0 Å². The fourth-order valence-electron chi connectivity index (χ4n) is 1.10. The number of nitrogens with zero attached hydrogens (tertiary/aromatic N) is 1. The van der Waals surface area contributed by atoms with Crippen LogP contribution in [0.3, 0.4) is 0 Å². The molecule has 2 rings (SSSR count). The number of ether oxygens (including phenoxy) is 1. The van der Waals surface area contributed by atoms with Crippen molar-refractivity contribution in [1.29, 1.82) is 0 Å². The van der Waals surface area contributed by atoms with Crippen LogP contribution in [0.2, 0.25) is 0 Å². The van der Waals surface area contributed by atoms with Gasteiger partial charge in [0.05, 0.1) is 11.8 Å². The lowest BCUT2D eigenvalue weighted by atomic mass is 10.2. The minimum absolute atomic E-state index is 0.465. The first-order valence-corrected chi connectivity index (χ1v) is 4.35. The predicted octanol–water partition coefficient (Wildman–Crippen LogP) is 2.24. The summed E-state index contributed by atoms with van der Waals surface area (Å²) in [6.07, 6.45) is 4.74. The Bertz CT molecular complexity index is 292. The molecule has 0 unspecified atom stereocenters. The highest BCUT2D eigenvalue weighted by atomic mass is 16.5. The lowest BCUT2D eigenvalue weighted by Gasteiger charge is -2.07. The Morgan fingerprint density at radius 2 is 2.17 bits per heavy atom. The molecule has 1 aromatic rings. The Kier molecular flexibility index (Phi) is 1.75. The van der Waals surface area contributed by atoms with E-state index in [0.29, 0.717) is 6.10 Å². The van der Waals surface area contributed by atoms with Crippen LogP contribution in [-0.4, -0.2) is 11.1 Å². The zero-order valence-corrected chi connectivity index (χ0v) is 7.50. The van der Waals surface area contributed by atoms with E-state index >= 15 is 0 Å². The molecule has 0 atom stereocenters. The van der Waals surface area contributed by atoms with Crippen molar-refractivity contribution in [1.82, 2.24) is 4.98 Å². The average Bonchev–Trinajstić information content (AvgIpc) is 2.81. The molecule has 0 bridgehead atoms. The van der Waals surface area contributed by atoms with Crippen LogP contribution in [0.15, 0.2) is 12.3 Å². The molecular weight excluding hydrogens is 150 g/mol. The van der Waals surface area contributed by atoms with E-state index in [2.05, 4.69) is 11.1 Å². The van der Waals surface area contributed by atoms with Gasteiger partial charge in [0, 0.05) is 6.20 Å². The standard InChI is InChI=1S/C10H13NO/c1-7-5-10(8(2)11-6-7)12-9-3-4-9/h5-6,9H,3-4H2,1-2H3. The van der Waals surface area contributed by atoms with Gasteiger partial charge in [-0.15, -0.1) is 0 Å². The van der Waals surface area contributed by atoms with Crippen LogP contribution < -0.4 is 4.74 Å². The van der Waals surface area contributed by atoms with Crippen molar-refractivity contribution in [2.75, 3.05) is 0 Å². The summed E-state index contributed by atoms with van der Waals surface area (Å²) in [5.41, 5.74) is 2.16. The third kappa shape index (κ3) is 1.58. The fourth-order valence-corrected chi connectivity index (χ4v) is 1.10. The van der Waals surface area contributed by atoms with Gasteiger partial charge in [0.2, 0.25) is 0 Å². The normalized spacial score (nSPS) is 16.2. The summed E-state index contributed by atoms with van der Waals surface area (Å²) in [4.78, 5) is 4.23. The average molecular weight is 163 g/mol. The molecule has 0 radical (unpaired) electrons. The van der Waals surface area contributed by atoms with Crippen molar-refractivity contribution in [2.24, 2.45) is 0 Å². The highest BCUT2D eigenvalue weighted by Gasteiger charge is 2.24. The van der Waals surface area contributed by atoms with Crippen molar-refractivity contribution in [3.8, 4) is 5.75 Å². The van der Waals surface area contributed by atoms with E-state index in [1.807, 2.05) is 20.0 Å². The summed E-state index contributed by atoms with van der Waals surface area (Å²) in [6.45, 7) is 4.02. The first-order chi connectivity index (χ1) is 5.75. The molecule has 1 saturated carbocycles. The van der Waals surface area contributed by atoms with Crippen LogP contribution in [0, 0.1) is 13.8 Å². The second-order valence-corrected chi connectivity index (χ2v) is 3.41. The Morgan fingerprint density at radius 1 is 1.42 bits per heavy atom. The van der Waals surface area contributed by atoms with Gasteiger partial charge in [-0.1, -0.05) is 0 Å². The fraction of sp³-hybridized carbons (Fsp3) is 0.500. The summed E-state index contributed by atoms with van der Waals surface area (Å²) in [7, 11) is 0. The summed E-state index contributed by atoms with van der Waals surface area (Å²) in [5.74, 6) is 0.956. The number of pyridine rings is 1. The van der Waals surface area contributed by atoms with E-state index in [1.165, 1.54) is 12.8 Å². The van der Waals surface area contributed by atoms with Gasteiger partial charge in [0.1, 0.15) is 5.75 Å². The molecule has 0 amide bonds. The third-order valence-electron chi connectivity index (χ3n) is 2.00. The topological polar surface area (TPSA) is 22.1 Å². The molecule has 1 aromatic heterocycles. The molecule has 1 aliphatic carbocycles. The smallest absolute Gasteiger partial charge is 0.141 e. The first kappa shape index (κ1) is 7.59. The minimum atomic E-state index is 0.465. The quantitative estimate of drug-likeness (QED) is 0.667. The summed E-state index contributed by atoms with van der Waals surface area (Å²) < 4.78 is 5.67. The van der Waals surface area contributed by atoms with Crippen molar-refractivity contribution >= 4 is 0 Å². The van der Waals surface area contributed by atoms with Gasteiger partial charge in [0.25, 0.3) is 0 Å². The van der Waals surface area contributed by atoms with Crippen molar-refractivity contribution in [3.63, 3.8) is 0 Å². The van der Waals surface area contributed by atoms with Crippen LogP contribution in [0.1, 0.15) is 24.1 Å². The monoisotopic (exact) mass is 163 g/mol. The van der Waals surface area contributed by atoms with Gasteiger partial charge < -0.3 is 4.74 Å². The predicted molar refractivity (Wildman–Crippen MR) is 47.4 cm³/mol. The second kappa shape index (κ2) is 2.77. The largest absolute Gasteiger partial charge is 0.489 e. The van der Waals surface area contributed by atoms with Gasteiger partial charge in [-0.05, 0) is 38.3 Å². The maximum Gasteiger partial charge on any atom is 0.141 e. The lowest BCUT2D eigenvalue weighted by molar-refractivity contribution is 0.299. The van der Waals surface area contributed by atoms with Crippen LogP contribution in [0.25, 0.3) is 0 Å². The van der Waals surface area contributed by atoms with Gasteiger partial charge in [0.15, 0.2) is 0 Å². The van der Waals surface area contributed by atoms with Crippen LogP contribution in [0.4, 0.5) is 0 Å². The molecule has 1 heterocycles. The summed E-state index contributed by atoms with van der Waals surface area (Å²) >= 11 is 0. The summed E-state index contributed by atoms with van der Waals surface area (Å²) in [6, 6.07) is 2.06. The SMILES string of the molecule is Cc1cnc(C)c(OC2CC2)c1. The highest BCUT2D eigenvalue weighted by molar-refractivity contribution is 5.30. The molecule has 0 N–H and O–H groups in total. The maximum absolute atomic E-state index is 5.67. The van der Waals surface area contributed by atoms with Gasteiger partial charge >= 0.3 is 0 Å². The Morgan fingerprint density at radius 3 is 2.83 bits per heavy atom. The molecule has 0 spiro atoms.